The summed E-state index contributed by atoms with van der Waals surface area (Å²) in [5.74, 6) is 0.529. The molecule has 34 heavy (non-hydrogen) atoms. The van der Waals surface area contributed by atoms with Crippen molar-refractivity contribution in [1.82, 2.24) is 9.80 Å². The van der Waals surface area contributed by atoms with Gasteiger partial charge < -0.3 is 19.8 Å². The number of nitrogens with zero attached hydrogens (tertiary/aromatic N) is 2. The van der Waals surface area contributed by atoms with Crippen LogP contribution < -0.4 is 4.74 Å². The molecule has 178 valence electrons. The quantitative estimate of drug-likeness (QED) is 0.510. The molecule has 2 unspecified atom stereocenters. The van der Waals surface area contributed by atoms with Crippen molar-refractivity contribution in [3.05, 3.63) is 64.4 Å². The molecule has 5 atom stereocenters. The van der Waals surface area contributed by atoms with Gasteiger partial charge >= 0.3 is 0 Å². The maximum atomic E-state index is 13.2. The first-order valence-corrected chi connectivity index (χ1v) is 12.9. The third kappa shape index (κ3) is 2.78. The van der Waals surface area contributed by atoms with Crippen LogP contribution in [0.2, 0.25) is 0 Å². The molecule has 7 heteroatoms. The van der Waals surface area contributed by atoms with Crippen molar-refractivity contribution in [2.75, 3.05) is 20.1 Å². The van der Waals surface area contributed by atoms with Crippen LogP contribution >= 0.6 is 11.3 Å². The number of phenolic OH excluding ortho intramolecular Hbond substituents is 1. The van der Waals surface area contributed by atoms with E-state index in [0.29, 0.717) is 31.4 Å². The number of aliphatic hydroxyl groups is 1. The molecule has 1 aromatic heterocycles. The lowest BCUT2D eigenvalue weighted by molar-refractivity contribution is -0.198. The highest BCUT2D eigenvalue weighted by Gasteiger charge is 2.73. The topological polar surface area (TPSA) is 73.2 Å². The number of likely N-dealkylation sites (tertiary alicyclic amines) is 1. The SMILES string of the molecule is C=CCN1CC[C@]23c4c5ccc(O)c4OC2C(N(C)C(=O)/C=C/c2cccs2)CC[C@@]3(O)[C@H]1C5. The molecule has 3 heterocycles. The van der Waals surface area contributed by atoms with Crippen LogP contribution in [0.15, 0.2) is 48.4 Å². The summed E-state index contributed by atoms with van der Waals surface area (Å²) in [5, 5.41) is 25.1. The van der Waals surface area contributed by atoms with Crippen LogP contribution in [0.4, 0.5) is 0 Å². The highest BCUT2D eigenvalue weighted by Crippen LogP contribution is 2.65. The minimum Gasteiger partial charge on any atom is -0.504 e. The first-order valence-electron chi connectivity index (χ1n) is 12.0. The first kappa shape index (κ1) is 21.9. The Kier molecular flexibility index (Phi) is 4.96. The fourth-order valence-electron chi connectivity index (χ4n) is 7.21. The van der Waals surface area contributed by atoms with Gasteiger partial charge in [-0.15, -0.1) is 17.9 Å². The number of carbonyl (C=O) groups excluding carboxylic acids is 1. The molecule has 0 radical (unpaired) electrons. The van der Waals surface area contributed by atoms with Crippen LogP contribution in [0.3, 0.4) is 0 Å². The number of thiophene rings is 1. The van der Waals surface area contributed by atoms with E-state index in [1.165, 1.54) is 0 Å². The van der Waals surface area contributed by atoms with Crippen molar-refractivity contribution in [2.24, 2.45) is 0 Å². The molecule has 2 N–H and O–H groups in total. The van der Waals surface area contributed by atoms with Gasteiger partial charge in [-0.1, -0.05) is 18.2 Å². The Balaban J connectivity index is 1.41. The van der Waals surface area contributed by atoms with Gasteiger partial charge in [0.1, 0.15) is 6.10 Å². The number of benzene rings is 1. The fourth-order valence-corrected chi connectivity index (χ4v) is 7.82. The second kappa shape index (κ2) is 7.70. The lowest BCUT2D eigenvalue weighted by atomic mass is 9.48. The number of aromatic hydroxyl groups is 1. The van der Waals surface area contributed by atoms with Gasteiger partial charge in [-0.25, -0.2) is 0 Å². The van der Waals surface area contributed by atoms with Crippen molar-refractivity contribution in [3.8, 4) is 11.5 Å². The summed E-state index contributed by atoms with van der Waals surface area (Å²) in [6, 6.07) is 7.38. The summed E-state index contributed by atoms with van der Waals surface area (Å²) >= 11 is 1.59. The van der Waals surface area contributed by atoms with E-state index in [9.17, 15) is 15.0 Å². The number of phenols is 1. The number of rotatable bonds is 5. The minimum atomic E-state index is -0.988. The summed E-state index contributed by atoms with van der Waals surface area (Å²) < 4.78 is 6.54. The van der Waals surface area contributed by atoms with Gasteiger partial charge in [0.2, 0.25) is 5.91 Å². The number of hydrogen-bond donors (Lipinski definition) is 2. The lowest BCUT2D eigenvalue weighted by Crippen LogP contribution is -2.78. The highest BCUT2D eigenvalue weighted by molar-refractivity contribution is 7.10. The molecule has 1 spiro atoms. The standard InChI is InChI=1S/C27H30N2O4S/c1-3-13-29-14-12-26-23-17-6-8-20(30)24(23)33-25(26)19(10-11-27(26,32)21(29)16-17)28(2)22(31)9-7-18-5-4-15-34-18/h3-9,15,19,21,25,30,32H,1,10-14,16H2,2H3/b9-7+/t19?,21-,25?,26+,27-/m1/s1. The smallest absolute Gasteiger partial charge is 0.246 e. The normalized spacial score (nSPS) is 33.4. The predicted molar refractivity (Wildman–Crippen MR) is 132 cm³/mol. The van der Waals surface area contributed by atoms with Crippen LogP contribution in [0.25, 0.3) is 6.08 Å². The van der Waals surface area contributed by atoms with Gasteiger partial charge in [0.25, 0.3) is 0 Å². The summed E-state index contributed by atoms with van der Waals surface area (Å²) in [4.78, 5) is 18.3. The van der Waals surface area contributed by atoms with Gasteiger partial charge in [-0.3, -0.25) is 9.69 Å². The van der Waals surface area contributed by atoms with E-state index >= 15 is 0 Å². The molecular formula is C27H30N2O4S. The second-order valence-corrected chi connectivity index (χ2v) is 11.0. The molecule has 2 aliphatic carbocycles. The van der Waals surface area contributed by atoms with Gasteiger partial charge in [0.05, 0.1) is 17.1 Å². The van der Waals surface area contributed by atoms with E-state index in [1.54, 1.807) is 28.4 Å². The number of carbonyl (C=O) groups is 1. The largest absolute Gasteiger partial charge is 0.504 e. The van der Waals surface area contributed by atoms with Crippen molar-refractivity contribution in [2.45, 2.75) is 54.9 Å². The van der Waals surface area contributed by atoms with Gasteiger partial charge in [0, 0.05) is 36.2 Å². The third-order valence-electron chi connectivity index (χ3n) is 8.68. The highest BCUT2D eigenvalue weighted by atomic mass is 32.1. The van der Waals surface area contributed by atoms with Crippen molar-refractivity contribution >= 4 is 23.3 Å². The zero-order valence-electron chi connectivity index (χ0n) is 19.3. The van der Waals surface area contributed by atoms with E-state index in [2.05, 4.69) is 11.5 Å². The Morgan fingerprint density at radius 1 is 1.38 bits per heavy atom. The molecule has 2 fully saturated rings. The van der Waals surface area contributed by atoms with Crippen LogP contribution in [0.1, 0.15) is 35.3 Å². The molecular weight excluding hydrogens is 448 g/mol. The number of amides is 1. The molecule has 1 saturated heterocycles. The molecule has 2 bridgehead atoms. The van der Waals surface area contributed by atoms with Crippen LogP contribution in [0.5, 0.6) is 11.5 Å². The zero-order valence-corrected chi connectivity index (χ0v) is 20.1. The summed E-state index contributed by atoms with van der Waals surface area (Å²) in [5.41, 5.74) is 0.463. The minimum absolute atomic E-state index is 0.0472. The Labute approximate surface area is 203 Å². The molecule has 2 aromatic rings. The molecule has 2 aliphatic heterocycles. The monoisotopic (exact) mass is 478 g/mol. The van der Waals surface area contributed by atoms with Crippen molar-refractivity contribution < 1.29 is 19.7 Å². The third-order valence-corrected chi connectivity index (χ3v) is 9.52. The fraction of sp³-hybridized carbons (Fsp3) is 0.444. The Hall–Kier alpha value is -2.61. The molecule has 1 saturated carbocycles. The maximum absolute atomic E-state index is 13.2. The van der Waals surface area contributed by atoms with Crippen LogP contribution in [-0.4, -0.2) is 69.8 Å². The first-order chi connectivity index (χ1) is 16.4. The van der Waals surface area contributed by atoms with Crippen molar-refractivity contribution in [1.29, 1.82) is 0 Å². The molecule has 4 aliphatic rings. The van der Waals surface area contributed by atoms with Crippen LogP contribution in [-0.2, 0) is 16.6 Å². The Morgan fingerprint density at radius 3 is 3.00 bits per heavy atom. The number of ether oxygens (including phenoxy) is 1. The van der Waals surface area contributed by atoms with E-state index in [1.807, 2.05) is 42.8 Å². The zero-order chi connectivity index (χ0) is 23.7. The van der Waals surface area contributed by atoms with Crippen molar-refractivity contribution in [3.63, 3.8) is 0 Å². The number of hydrogen-bond acceptors (Lipinski definition) is 6. The van der Waals surface area contributed by atoms with Crippen LogP contribution in [0, 0.1) is 0 Å². The summed E-state index contributed by atoms with van der Waals surface area (Å²) in [6.07, 6.45) is 7.60. The van der Waals surface area contributed by atoms with E-state index in [4.69, 9.17) is 4.74 Å². The average Bonchev–Trinajstić information content (AvgIpc) is 3.46. The Morgan fingerprint density at radius 2 is 2.24 bits per heavy atom. The number of likely N-dealkylation sites (N-methyl/N-ethyl adjacent to an activating group) is 1. The molecule has 1 amide bonds. The van der Waals surface area contributed by atoms with Gasteiger partial charge in [-0.05, 0) is 61.4 Å². The predicted octanol–water partition coefficient (Wildman–Crippen LogP) is 3.33. The maximum Gasteiger partial charge on any atom is 0.246 e. The van der Waals surface area contributed by atoms with E-state index in [0.717, 1.165) is 29.1 Å². The van der Waals surface area contributed by atoms with Gasteiger partial charge in [0.15, 0.2) is 11.5 Å². The second-order valence-electron chi connectivity index (χ2n) is 10.0. The Bertz CT molecular complexity index is 1180. The summed E-state index contributed by atoms with van der Waals surface area (Å²) in [7, 11) is 1.83. The molecule has 1 aromatic carbocycles. The summed E-state index contributed by atoms with van der Waals surface area (Å²) in [6.45, 7) is 5.47. The molecule has 6 rings (SSSR count). The lowest BCUT2D eigenvalue weighted by Gasteiger charge is -2.64. The van der Waals surface area contributed by atoms with E-state index < -0.39 is 17.1 Å². The van der Waals surface area contributed by atoms with E-state index in [-0.39, 0.29) is 23.7 Å². The average molecular weight is 479 g/mol. The molecule has 6 nitrogen and oxygen atoms in total. The van der Waals surface area contributed by atoms with Gasteiger partial charge in [-0.2, -0.15) is 0 Å². The number of piperidine rings is 1.